The molecule has 0 aliphatic carbocycles. The van der Waals surface area contributed by atoms with E-state index in [2.05, 4.69) is 10.4 Å². The van der Waals surface area contributed by atoms with Crippen LogP contribution < -0.4 is 5.32 Å². The van der Waals surface area contributed by atoms with E-state index in [4.69, 9.17) is 5.11 Å². The minimum absolute atomic E-state index is 0.327. The van der Waals surface area contributed by atoms with Gasteiger partial charge in [-0.3, -0.25) is 4.79 Å². The number of benzene rings is 1. The van der Waals surface area contributed by atoms with Gasteiger partial charge in [0.15, 0.2) is 0 Å². The number of hydrogen-bond donors (Lipinski definition) is 2. The van der Waals surface area contributed by atoms with Crippen molar-refractivity contribution in [1.82, 2.24) is 15.1 Å². The summed E-state index contributed by atoms with van der Waals surface area (Å²) in [6.07, 6.45) is 2.74. The number of nitrogens with one attached hydrogen (secondary N) is 1. The van der Waals surface area contributed by atoms with Crippen LogP contribution >= 0.6 is 0 Å². The van der Waals surface area contributed by atoms with E-state index in [1.54, 1.807) is 0 Å². The largest absolute Gasteiger partial charge is 0.384 e. The van der Waals surface area contributed by atoms with Gasteiger partial charge in [-0.1, -0.05) is 18.2 Å². The third-order valence-corrected chi connectivity index (χ3v) is 3.32. The lowest BCUT2D eigenvalue weighted by Gasteiger charge is -2.06. The molecule has 0 aliphatic heterocycles. The number of amides is 1. The standard InChI is InChI=1S/C16H21N3O2/c1-12-14(7-6-10-17-16(21)13(2)20)11-19(18-12)15-8-4-3-5-9-15/h3-5,8-9,11,13,20H,6-7,10H2,1-2H3,(H,17,21). The molecule has 0 radical (unpaired) electrons. The highest BCUT2D eigenvalue weighted by Gasteiger charge is 2.08. The lowest BCUT2D eigenvalue weighted by molar-refractivity contribution is -0.128. The molecule has 0 bridgehead atoms. The van der Waals surface area contributed by atoms with Crippen molar-refractivity contribution >= 4 is 5.91 Å². The number of aromatic nitrogens is 2. The number of aliphatic hydroxyl groups excluding tert-OH is 1. The molecule has 0 spiro atoms. The molecule has 1 amide bonds. The highest BCUT2D eigenvalue weighted by molar-refractivity contribution is 5.79. The van der Waals surface area contributed by atoms with Crippen molar-refractivity contribution in [3.05, 3.63) is 47.8 Å². The molecule has 5 nitrogen and oxygen atoms in total. The molecule has 0 aliphatic rings. The minimum Gasteiger partial charge on any atom is -0.384 e. The molecule has 1 atom stereocenters. The van der Waals surface area contributed by atoms with Gasteiger partial charge in [-0.15, -0.1) is 0 Å². The van der Waals surface area contributed by atoms with Crippen molar-refractivity contribution in [2.24, 2.45) is 0 Å². The summed E-state index contributed by atoms with van der Waals surface area (Å²) in [6.45, 7) is 4.01. The summed E-state index contributed by atoms with van der Waals surface area (Å²) < 4.78 is 1.87. The van der Waals surface area contributed by atoms with Crippen molar-refractivity contribution in [2.45, 2.75) is 32.8 Å². The molecule has 0 fully saturated rings. The Labute approximate surface area is 124 Å². The number of hydrogen-bond acceptors (Lipinski definition) is 3. The zero-order chi connectivity index (χ0) is 15.2. The van der Waals surface area contributed by atoms with Crippen molar-refractivity contribution in [3.8, 4) is 5.69 Å². The number of nitrogens with zero attached hydrogens (tertiary/aromatic N) is 2. The van der Waals surface area contributed by atoms with Crippen LogP contribution in [0.2, 0.25) is 0 Å². The van der Waals surface area contributed by atoms with E-state index in [0.717, 1.165) is 24.2 Å². The van der Waals surface area contributed by atoms with Crippen LogP contribution in [-0.2, 0) is 11.2 Å². The van der Waals surface area contributed by atoms with Gasteiger partial charge < -0.3 is 10.4 Å². The van der Waals surface area contributed by atoms with Crippen LogP contribution in [0.25, 0.3) is 5.69 Å². The SMILES string of the molecule is Cc1nn(-c2ccccc2)cc1CCCNC(=O)C(C)O. The van der Waals surface area contributed by atoms with Crippen LogP contribution in [-0.4, -0.2) is 33.4 Å². The summed E-state index contributed by atoms with van der Waals surface area (Å²) in [5.41, 5.74) is 3.21. The summed E-state index contributed by atoms with van der Waals surface area (Å²) in [6, 6.07) is 9.97. The van der Waals surface area contributed by atoms with E-state index >= 15 is 0 Å². The number of carbonyl (C=O) groups is 1. The second kappa shape index (κ2) is 7.04. The summed E-state index contributed by atoms with van der Waals surface area (Å²) in [7, 11) is 0. The number of rotatable bonds is 6. The van der Waals surface area contributed by atoms with Crippen LogP contribution in [0.1, 0.15) is 24.6 Å². The highest BCUT2D eigenvalue weighted by Crippen LogP contribution is 2.13. The molecule has 1 aromatic carbocycles. The Bertz CT molecular complexity index is 591. The Morgan fingerprint density at radius 3 is 2.76 bits per heavy atom. The average Bonchev–Trinajstić information content (AvgIpc) is 2.85. The molecule has 112 valence electrons. The second-order valence-corrected chi connectivity index (χ2v) is 5.09. The number of para-hydroxylation sites is 1. The van der Waals surface area contributed by atoms with Gasteiger partial charge in [-0.05, 0) is 44.4 Å². The zero-order valence-electron chi connectivity index (χ0n) is 12.4. The predicted octanol–water partition coefficient (Wildman–Crippen LogP) is 1.61. The molecule has 1 heterocycles. The van der Waals surface area contributed by atoms with E-state index in [1.807, 2.05) is 48.1 Å². The maximum Gasteiger partial charge on any atom is 0.248 e. The van der Waals surface area contributed by atoms with Crippen molar-refractivity contribution in [1.29, 1.82) is 0 Å². The molecule has 2 N–H and O–H groups in total. The maximum absolute atomic E-state index is 11.2. The van der Waals surface area contributed by atoms with E-state index in [-0.39, 0.29) is 5.91 Å². The third-order valence-electron chi connectivity index (χ3n) is 3.32. The first-order valence-corrected chi connectivity index (χ1v) is 7.14. The van der Waals surface area contributed by atoms with E-state index < -0.39 is 6.10 Å². The predicted molar refractivity (Wildman–Crippen MR) is 81.3 cm³/mol. The lowest BCUT2D eigenvalue weighted by atomic mass is 10.1. The lowest BCUT2D eigenvalue weighted by Crippen LogP contribution is -2.33. The second-order valence-electron chi connectivity index (χ2n) is 5.09. The Hall–Kier alpha value is -2.14. The summed E-state index contributed by atoms with van der Waals surface area (Å²) in [5, 5.41) is 16.3. The van der Waals surface area contributed by atoms with Gasteiger partial charge in [-0.2, -0.15) is 5.10 Å². The fourth-order valence-corrected chi connectivity index (χ4v) is 2.09. The molecule has 1 aromatic heterocycles. The Morgan fingerprint density at radius 1 is 1.38 bits per heavy atom. The monoisotopic (exact) mass is 287 g/mol. The fourth-order valence-electron chi connectivity index (χ4n) is 2.09. The summed E-state index contributed by atoms with van der Waals surface area (Å²) >= 11 is 0. The topological polar surface area (TPSA) is 67.2 Å². The van der Waals surface area contributed by atoms with Gasteiger partial charge in [0.2, 0.25) is 5.91 Å². The molecule has 2 rings (SSSR count). The van der Waals surface area contributed by atoms with Crippen molar-refractivity contribution in [3.63, 3.8) is 0 Å². The Morgan fingerprint density at radius 2 is 2.10 bits per heavy atom. The van der Waals surface area contributed by atoms with Gasteiger partial charge in [0.05, 0.1) is 11.4 Å². The Balaban J connectivity index is 1.90. The molecule has 1 unspecified atom stereocenters. The van der Waals surface area contributed by atoms with Crippen LogP contribution in [0, 0.1) is 6.92 Å². The first-order chi connectivity index (χ1) is 10.1. The third kappa shape index (κ3) is 4.16. The highest BCUT2D eigenvalue weighted by atomic mass is 16.3. The van der Waals surface area contributed by atoms with Crippen LogP contribution in [0.3, 0.4) is 0 Å². The van der Waals surface area contributed by atoms with Gasteiger partial charge in [0.1, 0.15) is 6.10 Å². The molecular formula is C16H21N3O2. The molecule has 0 saturated heterocycles. The number of aryl methyl sites for hydroxylation is 2. The van der Waals surface area contributed by atoms with Crippen LogP contribution in [0.5, 0.6) is 0 Å². The summed E-state index contributed by atoms with van der Waals surface area (Å²) in [4.78, 5) is 11.2. The molecule has 5 heteroatoms. The fraction of sp³-hybridized carbons (Fsp3) is 0.375. The zero-order valence-corrected chi connectivity index (χ0v) is 12.4. The number of carbonyl (C=O) groups excluding carboxylic acids is 1. The first kappa shape index (κ1) is 15.3. The normalized spacial score (nSPS) is 12.1. The average molecular weight is 287 g/mol. The van der Waals surface area contributed by atoms with Crippen LogP contribution in [0.4, 0.5) is 0 Å². The Kier molecular flexibility index (Phi) is 5.11. The van der Waals surface area contributed by atoms with Gasteiger partial charge in [0, 0.05) is 12.7 Å². The van der Waals surface area contributed by atoms with Crippen molar-refractivity contribution in [2.75, 3.05) is 6.54 Å². The van der Waals surface area contributed by atoms with E-state index in [1.165, 1.54) is 12.5 Å². The smallest absolute Gasteiger partial charge is 0.248 e. The minimum atomic E-state index is -0.951. The molecule has 21 heavy (non-hydrogen) atoms. The molecule has 0 saturated carbocycles. The molecular weight excluding hydrogens is 266 g/mol. The van der Waals surface area contributed by atoms with E-state index in [9.17, 15) is 4.79 Å². The van der Waals surface area contributed by atoms with Crippen LogP contribution in [0.15, 0.2) is 36.5 Å². The number of aliphatic hydroxyl groups is 1. The summed E-state index contributed by atoms with van der Waals surface area (Å²) in [5.74, 6) is -0.327. The van der Waals surface area contributed by atoms with Gasteiger partial charge >= 0.3 is 0 Å². The van der Waals surface area contributed by atoms with E-state index in [0.29, 0.717) is 6.54 Å². The quantitative estimate of drug-likeness (QED) is 0.793. The van der Waals surface area contributed by atoms with Gasteiger partial charge in [0.25, 0.3) is 0 Å². The maximum atomic E-state index is 11.2. The van der Waals surface area contributed by atoms with Gasteiger partial charge in [-0.25, -0.2) is 4.68 Å². The molecule has 2 aromatic rings. The first-order valence-electron chi connectivity index (χ1n) is 7.14. The van der Waals surface area contributed by atoms with Crippen molar-refractivity contribution < 1.29 is 9.90 Å².